The van der Waals surface area contributed by atoms with Crippen molar-refractivity contribution in [3.05, 3.63) is 66.0 Å². The highest BCUT2D eigenvalue weighted by molar-refractivity contribution is 5.82. The molecule has 0 aliphatic rings. The number of amides is 1. The topological polar surface area (TPSA) is 50.7 Å². The van der Waals surface area contributed by atoms with Crippen molar-refractivity contribution in [1.82, 2.24) is 5.43 Å². The van der Waals surface area contributed by atoms with Crippen molar-refractivity contribution in [2.45, 2.75) is 0 Å². The molecule has 0 atom stereocenters. The van der Waals surface area contributed by atoms with Crippen LogP contribution in [0.5, 0.6) is 5.75 Å². The molecule has 2 aromatic carbocycles. The summed E-state index contributed by atoms with van der Waals surface area (Å²) in [7, 11) is 0. The zero-order chi connectivity index (χ0) is 14.2. The van der Waals surface area contributed by atoms with Crippen LogP contribution < -0.4 is 10.2 Å². The first-order valence-electron chi connectivity index (χ1n) is 6.00. The summed E-state index contributed by atoms with van der Waals surface area (Å²) >= 11 is 0. The van der Waals surface area contributed by atoms with Crippen molar-refractivity contribution in [2.24, 2.45) is 5.10 Å². The number of hydrogen-bond acceptors (Lipinski definition) is 3. The van der Waals surface area contributed by atoms with E-state index in [1.54, 1.807) is 12.1 Å². The number of hydrogen-bond donors (Lipinski definition) is 1. The molecular weight excluding hydrogens is 259 g/mol. The van der Waals surface area contributed by atoms with E-state index in [0.29, 0.717) is 0 Å². The molecule has 0 saturated carbocycles. The number of carbonyl (C=O) groups excluding carboxylic acids is 1. The van der Waals surface area contributed by atoms with E-state index in [0.717, 1.165) is 5.56 Å². The summed E-state index contributed by atoms with van der Waals surface area (Å²) in [6, 6.07) is 15.2. The lowest BCUT2D eigenvalue weighted by Gasteiger charge is -2.05. The minimum Gasteiger partial charge on any atom is -0.481 e. The first-order chi connectivity index (χ1) is 9.75. The zero-order valence-corrected chi connectivity index (χ0v) is 10.6. The lowest BCUT2D eigenvalue weighted by Crippen LogP contribution is -2.24. The number of carbonyl (C=O) groups is 1. The fourth-order valence-corrected chi connectivity index (χ4v) is 1.46. The van der Waals surface area contributed by atoms with Crippen LogP contribution in [0.15, 0.2) is 59.7 Å². The molecule has 1 amide bonds. The molecular formula is C15H13FN2O2. The minimum absolute atomic E-state index is 0.0367. The highest BCUT2D eigenvalue weighted by Crippen LogP contribution is 2.14. The molecule has 102 valence electrons. The maximum absolute atomic E-state index is 13.2. The summed E-state index contributed by atoms with van der Waals surface area (Å²) < 4.78 is 18.3. The molecule has 5 heteroatoms. The first-order valence-corrected chi connectivity index (χ1v) is 6.00. The maximum Gasteiger partial charge on any atom is 0.277 e. The van der Waals surface area contributed by atoms with Gasteiger partial charge >= 0.3 is 0 Å². The van der Waals surface area contributed by atoms with Crippen LogP contribution in [0.3, 0.4) is 0 Å². The third-order valence-corrected chi connectivity index (χ3v) is 2.40. The summed E-state index contributed by atoms with van der Waals surface area (Å²) in [6.45, 7) is -0.299. The van der Waals surface area contributed by atoms with Gasteiger partial charge in [0, 0.05) is 0 Å². The molecule has 2 rings (SSSR count). The van der Waals surface area contributed by atoms with Crippen LogP contribution in [-0.4, -0.2) is 18.7 Å². The van der Waals surface area contributed by atoms with E-state index in [1.165, 1.54) is 18.3 Å². The third kappa shape index (κ3) is 4.20. The molecule has 1 N–H and O–H groups in total. The maximum atomic E-state index is 13.2. The normalized spacial score (nSPS) is 10.4. The van der Waals surface area contributed by atoms with Crippen molar-refractivity contribution in [3.63, 3.8) is 0 Å². The number of para-hydroxylation sites is 1. The van der Waals surface area contributed by atoms with Crippen LogP contribution >= 0.6 is 0 Å². The number of nitrogens with zero attached hydrogens (tertiary/aromatic N) is 1. The van der Waals surface area contributed by atoms with E-state index in [-0.39, 0.29) is 12.4 Å². The highest BCUT2D eigenvalue weighted by Gasteiger charge is 2.04. The molecule has 4 nitrogen and oxygen atoms in total. The second kappa shape index (κ2) is 7.04. The molecule has 0 heterocycles. The fraction of sp³-hybridized carbons (Fsp3) is 0.0667. The predicted octanol–water partition coefficient (Wildman–Crippen LogP) is 2.35. The summed E-state index contributed by atoms with van der Waals surface area (Å²) in [5.74, 6) is -0.928. The van der Waals surface area contributed by atoms with Gasteiger partial charge in [-0.3, -0.25) is 4.79 Å². The van der Waals surface area contributed by atoms with Gasteiger partial charge in [0.2, 0.25) is 0 Å². The average Bonchev–Trinajstić information content (AvgIpc) is 2.47. The summed E-state index contributed by atoms with van der Waals surface area (Å²) in [5, 5.41) is 3.78. The largest absolute Gasteiger partial charge is 0.481 e. The van der Waals surface area contributed by atoms with E-state index in [1.807, 2.05) is 30.3 Å². The molecule has 2 aromatic rings. The van der Waals surface area contributed by atoms with Crippen molar-refractivity contribution in [1.29, 1.82) is 0 Å². The van der Waals surface area contributed by atoms with Gasteiger partial charge in [0.05, 0.1) is 6.21 Å². The van der Waals surface area contributed by atoms with Gasteiger partial charge < -0.3 is 4.74 Å². The summed E-state index contributed by atoms with van der Waals surface area (Å²) in [4.78, 5) is 11.4. The van der Waals surface area contributed by atoms with Crippen molar-refractivity contribution < 1.29 is 13.9 Å². The number of nitrogens with one attached hydrogen (secondary N) is 1. The van der Waals surface area contributed by atoms with E-state index in [2.05, 4.69) is 10.5 Å². The van der Waals surface area contributed by atoms with Gasteiger partial charge in [-0.2, -0.15) is 5.10 Å². The lowest BCUT2D eigenvalue weighted by molar-refractivity contribution is -0.123. The third-order valence-electron chi connectivity index (χ3n) is 2.40. The molecule has 0 aromatic heterocycles. The number of halogens is 1. The Morgan fingerprint density at radius 1 is 1.15 bits per heavy atom. The molecule has 0 bridgehead atoms. The van der Waals surface area contributed by atoms with Crippen molar-refractivity contribution in [3.8, 4) is 5.75 Å². The quantitative estimate of drug-likeness (QED) is 0.671. The molecule has 20 heavy (non-hydrogen) atoms. The second-order valence-electron chi connectivity index (χ2n) is 3.92. The minimum atomic E-state index is -0.506. The molecule has 0 fully saturated rings. The fourth-order valence-electron chi connectivity index (χ4n) is 1.46. The van der Waals surface area contributed by atoms with Gasteiger partial charge in [-0.05, 0) is 17.7 Å². The Kier molecular flexibility index (Phi) is 4.83. The first kappa shape index (κ1) is 13.7. The van der Waals surface area contributed by atoms with Crippen molar-refractivity contribution >= 4 is 12.1 Å². The lowest BCUT2D eigenvalue weighted by atomic mass is 10.2. The molecule has 0 saturated heterocycles. The van der Waals surface area contributed by atoms with Crippen LogP contribution in [0.1, 0.15) is 5.56 Å². The second-order valence-corrected chi connectivity index (χ2v) is 3.92. The Morgan fingerprint density at radius 2 is 1.85 bits per heavy atom. The zero-order valence-electron chi connectivity index (χ0n) is 10.6. The number of ether oxygens (including phenoxy) is 1. The standard InChI is InChI=1S/C15H13FN2O2/c16-13-8-4-5-9-14(13)20-11-15(19)18-17-10-12-6-2-1-3-7-12/h1-10H,11H2,(H,18,19)/b17-10+. The van der Waals surface area contributed by atoms with Gasteiger partial charge in [0.15, 0.2) is 18.2 Å². The van der Waals surface area contributed by atoms with Gasteiger partial charge in [0.1, 0.15) is 0 Å². The molecule has 0 unspecified atom stereocenters. The Labute approximate surface area is 115 Å². The average molecular weight is 272 g/mol. The number of hydrazone groups is 1. The van der Waals surface area contributed by atoms with Crippen molar-refractivity contribution in [2.75, 3.05) is 6.61 Å². The Bertz CT molecular complexity index is 600. The predicted molar refractivity (Wildman–Crippen MR) is 74.1 cm³/mol. The Hall–Kier alpha value is -2.69. The summed E-state index contributed by atoms with van der Waals surface area (Å²) in [6.07, 6.45) is 1.51. The molecule has 0 aliphatic carbocycles. The number of benzene rings is 2. The van der Waals surface area contributed by atoms with Crippen LogP contribution in [0.2, 0.25) is 0 Å². The Balaban J connectivity index is 1.79. The van der Waals surface area contributed by atoms with Gasteiger partial charge in [-0.1, -0.05) is 42.5 Å². The van der Waals surface area contributed by atoms with Crippen LogP contribution in [0, 0.1) is 5.82 Å². The number of rotatable bonds is 5. The summed E-state index contributed by atoms with van der Waals surface area (Å²) in [5.41, 5.74) is 3.17. The Morgan fingerprint density at radius 3 is 2.60 bits per heavy atom. The SMILES string of the molecule is O=C(COc1ccccc1F)N/N=C/c1ccccc1. The smallest absolute Gasteiger partial charge is 0.277 e. The van der Waals surface area contributed by atoms with Crippen LogP contribution in [-0.2, 0) is 4.79 Å². The molecule has 0 spiro atoms. The van der Waals surface area contributed by atoms with E-state index >= 15 is 0 Å². The molecule has 0 radical (unpaired) electrons. The van der Waals surface area contributed by atoms with Gasteiger partial charge in [0.25, 0.3) is 5.91 Å². The van der Waals surface area contributed by atoms with E-state index in [9.17, 15) is 9.18 Å². The van der Waals surface area contributed by atoms with Crippen LogP contribution in [0.25, 0.3) is 0 Å². The molecule has 0 aliphatic heterocycles. The monoisotopic (exact) mass is 272 g/mol. The van der Waals surface area contributed by atoms with Gasteiger partial charge in [-0.25, -0.2) is 9.82 Å². The van der Waals surface area contributed by atoms with E-state index in [4.69, 9.17) is 4.74 Å². The van der Waals surface area contributed by atoms with Gasteiger partial charge in [-0.15, -0.1) is 0 Å². The van der Waals surface area contributed by atoms with E-state index < -0.39 is 11.7 Å². The highest BCUT2D eigenvalue weighted by atomic mass is 19.1. The van der Waals surface area contributed by atoms with Crippen LogP contribution in [0.4, 0.5) is 4.39 Å².